The van der Waals surface area contributed by atoms with E-state index in [9.17, 15) is 4.79 Å². The van der Waals surface area contributed by atoms with Crippen molar-refractivity contribution in [3.63, 3.8) is 0 Å². The van der Waals surface area contributed by atoms with E-state index in [0.29, 0.717) is 0 Å². The van der Waals surface area contributed by atoms with Gasteiger partial charge in [0.15, 0.2) is 0 Å². The second-order valence-corrected chi connectivity index (χ2v) is 8.26. The molecule has 1 aliphatic rings. The summed E-state index contributed by atoms with van der Waals surface area (Å²) >= 11 is 7.02. The van der Waals surface area contributed by atoms with Crippen LogP contribution in [0.2, 0.25) is 0 Å². The maximum atomic E-state index is 11.9. The number of hydrogen-bond acceptors (Lipinski definition) is 3. The van der Waals surface area contributed by atoms with Gasteiger partial charge in [-0.25, -0.2) is 4.79 Å². The van der Waals surface area contributed by atoms with Gasteiger partial charge in [0.05, 0.1) is 0 Å². The molecule has 0 bridgehead atoms. The lowest BCUT2D eigenvalue weighted by Crippen LogP contribution is -2.45. The normalized spacial score (nSPS) is 22.2. The Morgan fingerprint density at radius 2 is 2.05 bits per heavy atom. The van der Waals surface area contributed by atoms with Crippen LogP contribution in [-0.2, 0) is 4.74 Å². The van der Waals surface area contributed by atoms with E-state index in [1.165, 1.54) is 5.56 Å². The van der Waals surface area contributed by atoms with Crippen molar-refractivity contribution in [2.24, 2.45) is 0 Å². The average molecular weight is 434 g/mol. The Morgan fingerprint density at radius 3 is 2.68 bits per heavy atom. The molecule has 0 radical (unpaired) electrons. The number of amides is 1. The fourth-order valence-electron chi connectivity index (χ4n) is 2.51. The van der Waals surface area contributed by atoms with Crippen molar-refractivity contribution in [2.75, 3.05) is 6.54 Å². The van der Waals surface area contributed by atoms with E-state index < -0.39 is 5.60 Å². The predicted octanol–water partition coefficient (Wildman–Crippen LogP) is 4.53. The number of alkyl carbamates (subject to hydrolysis) is 1. The topological polar surface area (TPSA) is 50.4 Å². The van der Waals surface area contributed by atoms with Crippen LogP contribution in [0, 0.1) is 0 Å². The third kappa shape index (κ3) is 5.25. The lowest BCUT2D eigenvalue weighted by Gasteiger charge is -2.32. The van der Waals surface area contributed by atoms with Crippen LogP contribution in [0.15, 0.2) is 27.1 Å². The minimum atomic E-state index is -0.465. The van der Waals surface area contributed by atoms with Crippen LogP contribution in [0.1, 0.15) is 45.2 Å². The number of rotatable bonds is 2. The van der Waals surface area contributed by atoms with Gasteiger partial charge in [-0.3, -0.25) is 0 Å². The Bertz CT molecular complexity index is 543. The van der Waals surface area contributed by atoms with Gasteiger partial charge in [-0.15, -0.1) is 0 Å². The van der Waals surface area contributed by atoms with Gasteiger partial charge in [0.25, 0.3) is 0 Å². The van der Waals surface area contributed by atoms with Gasteiger partial charge in [0.2, 0.25) is 0 Å². The van der Waals surface area contributed by atoms with Crippen LogP contribution in [0.3, 0.4) is 0 Å². The van der Waals surface area contributed by atoms with Crippen molar-refractivity contribution in [3.8, 4) is 0 Å². The van der Waals surface area contributed by atoms with Crippen molar-refractivity contribution in [1.29, 1.82) is 0 Å². The van der Waals surface area contributed by atoms with Gasteiger partial charge < -0.3 is 15.4 Å². The molecule has 122 valence electrons. The van der Waals surface area contributed by atoms with Crippen molar-refractivity contribution >= 4 is 38.0 Å². The largest absolute Gasteiger partial charge is 0.444 e. The van der Waals surface area contributed by atoms with Crippen LogP contribution in [0.25, 0.3) is 0 Å². The smallest absolute Gasteiger partial charge is 0.407 e. The predicted molar refractivity (Wildman–Crippen MR) is 95.0 cm³/mol. The van der Waals surface area contributed by atoms with E-state index in [4.69, 9.17) is 4.74 Å². The molecule has 1 amide bonds. The van der Waals surface area contributed by atoms with E-state index >= 15 is 0 Å². The molecule has 1 heterocycles. The molecular formula is C16H22Br2N2O2. The highest BCUT2D eigenvalue weighted by atomic mass is 79.9. The van der Waals surface area contributed by atoms with Crippen molar-refractivity contribution in [3.05, 3.63) is 32.7 Å². The summed E-state index contributed by atoms with van der Waals surface area (Å²) < 4.78 is 7.41. The van der Waals surface area contributed by atoms with Crippen LogP contribution in [0.5, 0.6) is 0 Å². The highest BCUT2D eigenvalue weighted by Crippen LogP contribution is 2.30. The summed E-state index contributed by atoms with van der Waals surface area (Å²) in [4.78, 5) is 11.9. The highest BCUT2D eigenvalue weighted by molar-refractivity contribution is 9.13. The van der Waals surface area contributed by atoms with E-state index in [1.807, 2.05) is 26.8 Å². The van der Waals surface area contributed by atoms with Gasteiger partial charge in [-0.2, -0.15) is 0 Å². The fourth-order valence-corrected chi connectivity index (χ4v) is 3.15. The maximum Gasteiger partial charge on any atom is 0.407 e. The molecule has 0 aliphatic carbocycles. The standard InChI is InChI=1S/C16H22Br2N2O2/c1-16(2,3)22-15(21)20-11-6-7-19-14(9-11)10-4-5-12(17)13(18)8-10/h4-5,8,11,14,19H,6-7,9H2,1-3H3,(H,20,21). The Balaban J connectivity index is 1.96. The minimum Gasteiger partial charge on any atom is -0.444 e. The first-order chi connectivity index (χ1) is 10.2. The number of halogens is 2. The Hall–Kier alpha value is -0.590. The van der Waals surface area contributed by atoms with Gasteiger partial charge in [-0.05, 0) is 89.7 Å². The first-order valence-electron chi connectivity index (χ1n) is 7.42. The molecule has 0 saturated carbocycles. The maximum absolute atomic E-state index is 11.9. The van der Waals surface area contributed by atoms with Crippen molar-refractivity contribution < 1.29 is 9.53 Å². The second-order valence-electron chi connectivity index (χ2n) is 6.55. The second kappa shape index (κ2) is 7.32. The van der Waals surface area contributed by atoms with E-state index in [2.05, 4.69) is 54.6 Å². The van der Waals surface area contributed by atoms with Crippen molar-refractivity contribution in [2.45, 2.75) is 51.3 Å². The molecule has 1 saturated heterocycles. The molecule has 1 aromatic carbocycles. The molecule has 2 N–H and O–H groups in total. The Labute approximate surface area is 148 Å². The molecule has 2 atom stereocenters. The lowest BCUT2D eigenvalue weighted by molar-refractivity contribution is 0.0490. The molecule has 6 heteroatoms. The number of benzene rings is 1. The number of carbonyl (C=O) groups excluding carboxylic acids is 1. The fraction of sp³-hybridized carbons (Fsp3) is 0.562. The quantitative estimate of drug-likeness (QED) is 0.720. The molecule has 1 aliphatic heterocycles. The zero-order valence-electron chi connectivity index (χ0n) is 13.1. The molecule has 2 unspecified atom stereocenters. The molecule has 1 aromatic rings. The molecule has 0 spiro atoms. The molecule has 4 nitrogen and oxygen atoms in total. The summed E-state index contributed by atoms with van der Waals surface area (Å²) in [6.07, 6.45) is 1.43. The zero-order valence-corrected chi connectivity index (χ0v) is 16.3. The van der Waals surface area contributed by atoms with Gasteiger partial charge in [0.1, 0.15) is 5.60 Å². The number of piperidine rings is 1. The summed E-state index contributed by atoms with van der Waals surface area (Å²) in [5.74, 6) is 0. The van der Waals surface area contributed by atoms with Gasteiger partial charge in [-0.1, -0.05) is 6.07 Å². The first-order valence-corrected chi connectivity index (χ1v) is 9.01. The van der Waals surface area contributed by atoms with E-state index in [1.54, 1.807) is 0 Å². The van der Waals surface area contributed by atoms with Crippen LogP contribution < -0.4 is 10.6 Å². The van der Waals surface area contributed by atoms with E-state index in [-0.39, 0.29) is 18.2 Å². The number of hydrogen-bond donors (Lipinski definition) is 2. The summed E-state index contributed by atoms with van der Waals surface area (Å²) in [6, 6.07) is 6.60. The summed E-state index contributed by atoms with van der Waals surface area (Å²) in [5.41, 5.74) is 0.748. The van der Waals surface area contributed by atoms with Crippen LogP contribution >= 0.6 is 31.9 Å². The minimum absolute atomic E-state index is 0.128. The van der Waals surface area contributed by atoms with Crippen LogP contribution in [0.4, 0.5) is 4.79 Å². The molecule has 2 rings (SSSR count). The van der Waals surface area contributed by atoms with Crippen LogP contribution in [-0.4, -0.2) is 24.3 Å². The SMILES string of the molecule is CC(C)(C)OC(=O)NC1CCNC(c2ccc(Br)c(Br)c2)C1. The average Bonchev–Trinajstić information content (AvgIpc) is 2.40. The lowest BCUT2D eigenvalue weighted by atomic mass is 9.94. The van der Waals surface area contributed by atoms with Crippen molar-refractivity contribution in [1.82, 2.24) is 10.6 Å². The Morgan fingerprint density at radius 1 is 1.32 bits per heavy atom. The van der Waals surface area contributed by atoms with Gasteiger partial charge in [0, 0.05) is 21.0 Å². The third-order valence-corrected chi connectivity index (χ3v) is 5.35. The number of nitrogens with one attached hydrogen (secondary N) is 2. The monoisotopic (exact) mass is 432 g/mol. The van der Waals surface area contributed by atoms with Gasteiger partial charge >= 0.3 is 6.09 Å². The summed E-state index contributed by atoms with van der Waals surface area (Å²) in [6.45, 7) is 6.49. The first kappa shape index (κ1) is 17.8. The Kier molecular flexibility index (Phi) is 5.91. The zero-order chi connectivity index (χ0) is 16.3. The number of carbonyl (C=O) groups is 1. The third-order valence-electron chi connectivity index (χ3n) is 3.47. The highest BCUT2D eigenvalue weighted by Gasteiger charge is 2.26. The number of ether oxygens (including phenoxy) is 1. The molecule has 22 heavy (non-hydrogen) atoms. The summed E-state index contributed by atoms with van der Waals surface area (Å²) in [7, 11) is 0. The molecule has 0 aromatic heterocycles. The van der Waals surface area contributed by atoms with E-state index in [0.717, 1.165) is 28.3 Å². The summed E-state index contributed by atoms with van der Waals surface area (Å²) in [5, 5.41) is 6.48. The molecule has 1 fully saturated rings. The molecular weight excluding hydrogens is 412 g/mol.